The highest BCUT2D eigenvalue weighted by Gasteiger charge is 2.24. The summed E-state index contributed by atoms with van der Waals surface area (Å²) in [4.78, 5) is 36.6. The molecule has 10 heteroatoms. The molecule has 1 amide bonds. The number of rotatable bonds is 17. The summed E-state index contributed by atoms with van der Waals surface area (Å²) in [7, 11) is 0. The van der Waals surface area contributed by atoms with Crippen LogP contribution < -0.4 is 14.4 Å². The number of hydrogen-bond donors (Lipinski definition) is 0. The highest BCUT2D eigenvalue weighted by Crippen LogP contribution is 2.34. The van der Waals surface area contributed by atoms with Crippen LogP contribution in [0.2, 0.25) is 5.02 Å². The fourth-order valence-corrected chi connectivity index (χ4v) is 3.99. The van der Waals surface area contributed by atoms with Crippen molar-refractivity contribution >= 4 is 34.9 Å². The average Bonchev–Trinajstić information content (AvgIpc) is 2.88. The molecule has 0 aromatic heterocycles. The van der Waals surface area contributed by atoms with Gasteiger partial charge in [-0.25, -0.2) is 0 Å². The second-order valence-corrected chi connectivity index (χ2v) is 9.19. The summed E-state index contributed by atoms with van der Waals surface area (Å²) >= 11 is 6.46. The molecule has 38 heavy (non-hydrogen) atoms. The second kappa shape index (κ2) is 16.5. The monoisotopic (exact) mass is 548 g/mol. The maximum Gasteiger partial charge on any atom is 0.305 e. The van der Waals surface area contributed by atoms with E-state index in [0.29, 0.717) is 61.2 Å². The van der Waals surface area contributed by atoms with Crippen molar-refractivity contribution in [1.29, 1.82) is 0 Å². The molecule has 0 aliphatic heterocycles. The van der Waals surface area contributed by atoms with Crippen molar-refractivity contribution in [3.63, 3.8) is 0 Å². The molecule has 0 spiro atoms. The number of unbranched alkanes of at least 4 members (excludes halogenated alkanes) is 4. The normalized spacial score (nSPS) is 10.6. The molecule has 2 rings (SSSR count). The molecule has 0 saturated carbocycles. The highest BCUT2D eigenvalue weighted by molar-refractivity contribution is 6.31. The van der Waals surface area contributed by atoms with E-state index < -0.39 is 4.92 Å². The third-order valence-electron chi connectivity index (χ3n) is 5.78. The molecule has 2 aromatic rings. The zero-order chi connectivity index (χ0) is 27.9. The average molecular weight is 549 g/mol. The van der Waals surface area contributed by atoms with Crippen LogP contribution in [0.3, 0.4) is 0 Å². The molecule has 0 aliphatic carbocycles. The predicted molar refractivity (Wildman–Crippen MR) is 147 cm³/mol. The minimum Gasteiger partial charge on any atom is -0.494 e. The van der Waals surface area contributed by atoms with Gasteiger partial charge in [0.05, 0.1) is 37.4 Å². The van der Waals surface area contributed by atoms with E-state index in [1.807, 2.05) is 0 Å². The number of ether oxygens (including phenoxy) is 3. The van der Waals surface area contributed by atoms with Gasteiger partial charge in [-0.15, -0.1) is 0 Å². The van der Waals surface area contributed by atoms with E-state index >= 15 is 0 Å². The molecular formula is C28H37ClN2O7. The Kier molecular flexibility index (Phi) is 13.4. The molecule has 0 radical (unpaired) electrons. The van der Waals surface area contributed by atoms with Crippen LogP contribution >= 0.6 is 11.6 Å². The number of halogens is 1. The zero-order valence-electron chi connectivity index (χ0n) is 22.4. The first-order valence-electron chi connectivity index (χ1n) is 13.0. The van der Waals surface area contributed by atoms with Gasteiger partial charge in [0.1, 0.15) is 17.2 Å². The van der Waals surface area contributed by atoms with E-state index in [0.717, 1.165) is 25.7 Å². The summed E-state index contributed by atoms with van der Waals surface area (Å²) in [5, 5.41) is 12.3. The van der Waals surface area contributed by atoms with Crippen LogP contribution in [0.15, 0.2) is 36.4 Å². The fraction of sp³-hybridized carbons (Fsp3) is 0.500. The molecule has 0 fully saturated rings. The minimum absolute atomic E-state index is 0.0613. The standard InChI is InChI=1S/C28H37ClN2O7/c1-4-6-9-16-37-23-13-12-22(25(29)18-23)20-30(21(3)32)26-15-14-24(19-27(26)31(34)35)38-17-10-7-8-11-28(33)36-5-2/h12-15,18-19H,4-11,16-17,20H2,1-3H3. The Balaban J connectivity index is 2.05. The Hall–Kier alpha value is -3.33. The van der Waals surface area contributed by atoms with Crippen molar-refractivity contribution in [2.75, 3.05) is 24.7 Å². The van der Waals surface area contributed by atoms with Crippen LogP contribution in [0.25, 0.3) is 0 Å². The Morgan fingerprint density at radius 3 is 2.21 bits per heavy atom. The van der Waals surface area contributed by atoms with Gasteiger partial charge in [0, 0.05) is 18.4 Å². The highest BCUT2D eigenvalue weighted by atomic mass is 35.5. The molecule has 0 atom stereocenters. The summed E-state index contributed by atoms with van der Waals surface area (Å²) in [5.74, 6) is 0.386. The van der Waals surface area contributed by atoms with Crippen LogP contribution in [0.5, 0.6) is 11.5 Å². The lowest BCUT2D eigenvalue weighted by atomic mass is 10.1. The Labute approximate surface area is 229 Å². The number of nitro groups is 1. The van der Waals surface area contributed by atoms with Crippen molar-refractivity contribution in [1.82, 2.24) is 0 Å². The number of nitro benzene ring substituents is 1. The molecule has 0 saturated heterocycles. The third-order valence-corrected chi connectivity index (χ3v) is 6.14. The van der Waals surface area contributed by atoms with Gasteiger partial charge in [0.15, 0.2) is 0 Å². The Morgan fingerprint density at radius 1 is 0.947 bits per heavy atom. The van der Waals surface area contributed by atoms with Crippen molar-refractivity contribution < 1.29 is 28.7 Å². The third kappa shape index (κ3) is 10.2. The molecule has 0 N–H and O–H groups in total. The van der Waals surface area contributed by atoms with Gasteiger partial charge in [0.2, 0.25) is 5.91 Å². The van der Waals surface area contributed by atoms with Gasteiger partial charge in [0.25, 0.3) is 5.69 Å². The van der Waals surface area contributed by atoms with Crippen LogP contribution in [-0.2, 0) is 20.9 Å². The van der Waals surface area contributed by atoms with Crippen LogP contribution in [0, 0.1) is 10.1 Å². The van der Waals surface area contributed by atoms with E-state index in [-0.39, 0.29) is 29.8 Å². The van der Waals surface area contributed by atoms with Crippen molar-refractivity contribution in [3.8, 4) is 11.5 Å². The molecule has 0 bridgehead atoms. The lowest BCUT2D eigenvalue weighted by Gasteiger charge is -2.22. The number of hydrogen-bond acceptors (Lipinski definition) is 7. The lowest BCUT2D eigenvalue weighted by molar-refractivity contribution is -0.384. The molecule has 0 unspecified atom stereocenters. The zero-order valence-corrected chi connectivity index (χ0v) is 23.1. The summed E-state index contributed by atoms with van der Waals surface area (Å²) in [6.07, 6.45) is 5.62. The molecular weight excluding hydrogens is 512 g/mol. The van der Waals surface area contributed by atoms with Gasteiger partial charge in [-0.05, 0) is 62.4 Å². The van der Waals surface area contributed by atoms with Gasteiger partial charge in [-0.1, -0.05) is 37.4 Å². The summed E-state index contributed by atoms with van der Waals surface area (Å²) in [6.45, 7) is 6.61. The first-order chi connectivity index (χ1) is 18.3. The quantitative estimate of drug-likeness (QED) is 0.0917. The van der Waals surface area contributed by atoms with Crippen molar-refractivity contribution in [2.45, 2.75) is 72.3 Å². The number of benzene rings is 2. The smallest absolute Gasteiger partial charge is 0.305 e. The lowest BCUT2D eigenvalue weighted by Crippen LogP contribution is -2.28. The maximum atomic E-state index is 12.5. The number of anilines is 1. The first-order valence-corrected chi connectivity index (χ1v) is 13.4. The minimum atomic E-state index is -0.535. The number of carbonyl (C=O) groups excluding carboxylic acids is 2. The van der Waals surface area contributed by atoms with Gasteiger partial charge in [-0.2, -0.15) is 0 Å². The molecule has 0 heterocycles. The summed E-state index contributed by atoms with van der Waals surface area (Å²) in [6, 6.07) is 9.67. The fourth-order valence-electron chi connectivity index (χ4n) is 3.76. The van der Waals surface area contributed by atoms with Gasteiger partial charge < -0.3 is 19.1 Å². The second-order valence-electron chi connectivity index (χ2n) is 8.79. The maximum absolute atomic E-state index is 12.5. The van der Waals surface area contributed by atoms with Gasteiger partial charge >= 0.3 is 5.97 Å². The number of carbonyl (C=O) groups is 2. The number of esters is 1. The van der Waals surface area contributed by atoms with Crippen LogP contribution in [0.4, 0.5) is 11.4 Å². The number of amides is 1. The topological polar surface area (TPSA) is 108 Å². The molecule has 0 aliphatic rings. The predicted octanol–water partition coefficient (Wildman–Crippen LogP) is 6.87. The van der Waals surface area contributed by atoms with E-state index in [2.05, 4.69) is 6.92 Å². The Morgan fingerprint density at radius 2 is 1.61 bits per heavy atom. The van der Waals surface area contributed by atoms with E-state index in [9.17, 15) is 19.7 Å². The molecule has 2 aromatic carbocycles. The van der Waals surface area contributed by atoms with Crippen molar-refractivity contribution in [3.05, 3.63) is 57.1 Å². The first kappa shape index (κ1) is 30.9. The largest absolute Gasteiger partial charge is 0.494 e. The molecule has 9 nitrogen and oxygen atoms in total. The SMILES string of the molecule is CCCCCOc1ccc(CN(C(C)=O)c2ccc(OCCCCCC(=O)OCC)cc2[N+](=O)[O-])c(Cl)c1. The molecule has 208 valence electrons. The summed E-state index contributed by atoms with van der Waals surface area (Å²) < 4.78 is 16.3. The Bertz CT molecular complexity index is 1080. The van der Waals surface area contributed by atoms with Crippen LogP contribution in [0.1, 0.15) is 71.3 Å². The van der Waals surface area contributed by atoms with Crippen molar-refractivity contribution in [2.24, 2.45) is 0 Å². The van der Waals surface area contributed by atoms with Crippen LogP contribution in [-0.4, -0.2) is 36.6 Å². The van der Waals surface area contributed by atoms with E-state index in [1.165, 1.54) is 24.0 Å². The van der Waals surface area contributed by atoms with E-state index in [4.69, 9.17) is 25.8 Å². The number of nitrogens with zero attached hydrogens (tertiary/aromatic N) is 2. The summed E-state index contributed by atoms with van der Waals surface area (Å²) in [5.41, 5.74) is 0.549. The van der Waals surface area contributed by atoms with E-state index in [1.54, 1.807) is 31.2 Å². The van der Waals surface area contributed by atoms with Gasteiger partial charge in [-0.3, -0.25) is 19.7 Å².